The zero-order chi connectivity index (χ0) is 14.7. The molecule has 1 aromatic rings. The van der Waals surface area contributed by atoms with Crippen molar-refractivity contribution in [3.8, 4) is 0 Å². The molecule has 0 amide bonds. The quantitative estimate of drug-likeness (QED) is 0.890. The molecule has 2 saturated heterocycles. The number of benzene rings is 1. The predicted molar refractivity (Wildman–Crippen MR) is 88.6 cm³/mol. The lowest BCUT2D eigenvalue weighted by Gasteiger charge is -2.36. The molecule has 2 aliphatic rings. The normalized spacial score (nSPS) is 26.8. The van der Waals surface area contributed by atoms with Gasteiger partial charge in [-0.1, -0.05) is 12.1 Å². The zero-order valence-corrected chi connectivity index (χ0v) is 13.7. The Morgan fingerprint density at radius 3 is 2.68 bits per heavy atom. The van der Waals surface area contributed by atoms with Gasteiger partial charge in [0.1, 0.15) is 5.82 Å². The molecule has 3 nitrogen and oxygen atoms in total. The van der Waals surface area contributed by atoms with Crippen LogP contribution in [0.15, 0.2) is 24.3 Å². The summed E-state index contributed by atoms with van der Waals surface area (Å²) in [6.07, 6.45) is 2.39. The van der Waals surface area contributed by atoms with Crippen molar-refractivity contribution < 1.29 is 9.50 Å². The van der Waals surface area contributed by atoms with Crippen molar-refractivity contribution in [2.75, 3.05) is 32.8 Å². The molecule has 1 aromatic carbocycles. The van der Waals surface area contributed by atoms with E-state index in [2.05, 4.69) is 10.2 Å². The molecule has 0 spiro atoms. The summed E-state index contributed by atoms with van der Waals surface area (Å²) in [6.45, 7) is 5.33. The van der Waals surface area contributed by atoms with Gasteiger partial charge in [-0.2, -0.15) is 0 Å². The summed E-state index contributed by atoms with van der Waals surface area (Å²) in [7, 11) is 0. The number of likely N-dealkylation sites (tertiary alicyclic amines) is 1. The maximum absolute atomic E-state index is 13.2. The van der Waals surface area contributed by atoms with Crippen LogP contribution in [-0.4, -0.2) is 42.8 Å². The fourth-order valence-electron chi connectivity index (χ4n) is 3.94. The predicted octanol–water partition coefficient (Wildman–Crippen LogP) is 2.29. The van der Waals surface area contributed by atoms with Gasteiger partial charge in [0.05, 0.1) is 0 Å². The average molecular weight is 329 g/mol. The molecule has 0 saturated carbocycles. The fourth-order valence-corrected chi connectivity index (χ4v) is 3.94. The Morgan fingerprint density at radius 1 is 1.23 bits per heavy atom. The van der Waals surface area contributed by atoms with Crippen LogP contribution in [0.3, 0.4) is 0 Å². The van der Waals surface area contributed by atoms with E-state index in [0.29, 0.717) is 18.4 Å². The minimum atomic E-state index is -0.148. The Kier molecular flexibility index (Phi) is 6.63. The third kappa shape index (κ3) is 4.19. The van der Waals surface area contributed by atoms with Crippen LogP contribution >= 0.6 is 12.4 Å². The topological polar surface area (TPSA) is 35.5 Å². The van der Waals surface area contributed by atoms with E-state index in [1.54, 1.807) is 12.1 Å². The smallest absolute Gasteiger partial charge is 0.123 e. The van der Waals surface area contributed by atoms with Gasteiger partial charge in [0, 0.05) is 19.7 Å². The summed E-state index contributed by atoms with van der Waals surface area (Å²) >= 11 is 0. The lowest BCUT2D eigenvalue weighted by atomic mass is 9.79. The van der Waals surface area contributed by atoms with E-state index >= 15 is 0 Å². The summed E-state index contributed by atoms with van der Waals surface area (Å²) in [5.74, 6) is 1.64. The Labute approximate surface area is 138 Å². The number of rotatable bonds is 4. The van der Waals surface area contributed by atoms with E-state index in [4.69, 9.17) is 0 Å². The molecule has 2 N–H and O–H groups in total. The number of aliphatic hydroxyl groups is 1. The molecule has 3 rings (SSSR count). The van der Waals surface area contributed by atoms with Gasteiger partial charge in [0.2, 0.25) is 0 Å². The van der Waals surface area contributed by atoms with Crippen LogP contribution in [0.4, 0.5) is 4.39 Å². The molecular weight excluding hydrogens is 303 g/mol. The van der Waals surface area contributed by atoms with Crippen molar-refractivity contribution in [2.45, 2.75) is 19.4 Å². The second-order valence-corrected chi connectivity index (χ2v) is 6.51. The van der Waals surface area contributed by atoms with Gasteiger partial charge >= 0.3 is 0 Å². The molecule has 0 aromatic heterocycles. The number of nitrogens with zero attached hydrogens (tertiary/aromatic N) is 1. The Bertz CT molecular complexity index is 466. The van der Waals surface area contributed by atoms with Gasteiger partial charge < -0.3 is 10.4 Å². The van der Waals surface area contributed by atoms with Gasteiger partial charge in [0.15, 0.2) is 0 Å². The van der Waals surface area contributed by atoms with E-state index in [9.17, 15) is 9.50 Å². The molecule has 2 atom stereocenters. The Hall–Kier alpha value is -0.680. The first kappa shape index (κ1) is 17.7. The van der Waals surface area contributed by atoms with Crippen LogP contribution in [0.5, 0.6) is 0 Å². The van der Waals surface area contributed by atoms with Crippen molar-refractivity contribution in [1.29, 1.82) is 0 Å². The molecule has 0 aliphatic carbocycles. The number of aliphatic hydroxyl groups excluding tert-OH is 1. The van der Waals surface area contributed by atoms with Crippen molar-refractivity contribution in [2.24, 2.45) is 17.8 Å². The van der Waals surface area contributed by atoms with Crippen molar-refractivity contribution in [3.63, 3.8) is 0 Å². The first-order chi connectivity index (χ1) is 10.3. The first-order valence-electron chi connectivity index (χ1n) is 8.04. The number of hydrogen-bond donors (Lipinski definition) is 2. The number of piperidine rings is 1. The molecule has 124 valence electrons. The highest BCUT2D eigenvalue weighted by molar-refractivity contribution is 5.85. The summed E-state index contributed by atoms with van der Waals surface area (Å²) < 4.78 is 13.2. The first-order valence-corrected chi connectivity index (χ1v) is 8.04. The summed E-state index contributed by atoms with van der Waals surface area (Å²) in [4.78, 5) is 2.42. The highest BCUT2D eigenvalue weighted by atomic mass is 35.5. The third-order valence-corrected chi connectivity index (χ3v) is 5.16. The van der Waals surface area contributed by atoms with E-state index in [1.807, 2.05) is 6.07 Å². The number of hydrogen-bond acceptors (Lipinski definition) is 3. The van der Waals surface area contributed by atoms with Crippen LogP contribution in [0.25, 0.3) is 0 Å². The zero-order valence-electron chi connectivity index (χ0n) is 12.9. The molecule has 22 heavy (non-hydrogen) atoms. The standard InChI is InChI=1S/C17H25FN2O.ClH/c18-16-3-1-2-13(8-16)11-20-6-4-14(5-7-20)17-10-19-9-15(17)12-21;/h1-3,8,14-15,17,19,21H,4-7,9-12H2;1H/t15-,17-;/m0./s1. The molecule has 2 fully saturated rings. The van der Waals surface area contributed by atoms with Gasteiger partial charge in [-0.3, -0.25) is 4.90 Å². The van der Waals surface area contributed by atoms with Crippen LogP contribution in [-0.2, 0) is 6.54 Å². The molecule has 0 unspecified atom stereocenters. The Balaban J connectivity index is 0.00000176. The van der Waals surface area contributed by atoms with Crippen LogP contribution in [0.2, 0.25) is 0 Å². The lowest BCUT2D eigenvalue weighted by Crippen LogP contribution is -2.38. The molecule has 2 heterocycles. The third-order valence-electron chi connectivity index (χ3n) is 5.16. The van der Waals surface area contributed by atoms with Crippen LogP contribution in [0, 0.1) is 23.6 Å². The minimum Gasteiger partial charge on any atom is -0.396 e. The highest BCUT2D eigenvalue weighted by Crippen LogP contribution is 2.32. The van der Waals surface area contributed by atoms with Crippen molar-refractivity contribution >= 4 is 12.4 Å². The maximum Gasteiger partial charge on any atom is 0.123 e. The summed E-state index contributed by atoms with van der Waals surface area (Å²) in [5, 5.41) is 12.9. The van der Waals surface area contributed by atoms with Gasteiger partial charge in [0.25, 0.3) is 0 Å². The SMILES string of the molecule is Cl.OC[C@@H]1CNC[C@H]1C1CCN(Cc2cccc(F)c2)CC1. The second kappa shape index (κ2) is 8.25. The average Bonchev–Trinajstić information content (AvgIpc) is 2.96. The van der Waals surface area contributed by atoms with Crippen LogP contribution < -0.4 is 5.32 Å². The fraction of sp³-hybridized carbons (Fsp3) is 0.647. The lowest BCUT2D eigenvalue weighted by molar-refractivity contribution is 0.108. The highest BCUT2D eigenvalue weighted by Gasteiger charge is 2.34. The summed E-state index contributed by atoms with van der Waals surface area (Å²) in [6, 6.07) is 6.91. The van der Waals surface area contributed by atoms with E-state index < -0.39 is 0 Å². The Morgan fingerprint density at radius 2 is 2.00 bits per heavy atom. The molecule has 2 aliphatic heterocycles. The monoisotopic (exact) mass is 328 g/mol. The maximum atomic E-state index is 13.2. The molecule has 0 radical (unpaired) electrons. The number of halogens is 2. The second-order valence-electron chi connectivity index (χ2n) is 6.51. The molecule has 5 heteroatoms. The van der Waals surface area contributed by atoms with E-state index in [1.165, 1.54) is 18.9 Å². The van der Waals surface area contributed by atoms with Gasteiger partial charge in [-0.15, -0.1) is 12.4 Å². The molecular formula is C17H26ClFN2O. The summed E-state index contributed by atoms with van der Waals surface area (Å²) in [5.41, 5.74) is 1.06. The van der Waals surface area contributed by atoms with E-state index in [0.717, 1.165) is 44.2 Å². The number of nitrogens with one attached hydrogen (secondary N) is 1. The van der Waals surface area contributed by atoms with Crippen molar-refractivity contribution in [1.82, 2.24) is 10.2 Å². The van der Waals surface area contributed by atoms with Gasteiger partial charge in [-0.25, -0.2) is 4.39 Å². The molecule has 0 bridgehead atoms. The van der Waals surface area contributed by atoms with E-state index in [-0.39, 0.29) is 18.2 Å². The largest absolute Gasteiger partial charge is 0.396 e. The van der Waals surface area contributed by atoms with Gasteiger partial charge in [-0.05, 0) is 67.9 Å². The van der Waals surface area contributed by atoms with Crippen LogP contribution in [0.1, 0.15) is 18.4 Å². The minimum absolute atomic E-state index is 0. The van der Waals surface area contributed by atoms with Crippen molar-refractivity contribution in [3.05, 3.63) is 35.6 Å².